The maximum Gasteiger partial charge on any atom is 0.335 e. The van der Waals surface area contributed by atoms with Crippen LogP contribution in [0.5, 0.6) is 5.75 Å². The molecule has 0 aliphatic rings. The number of nitrogens with zero attached hydrogens (tertiary/aromatic N) is 1. The lowest BCUT2D eigenvalue weighted by Crippen LogP contribution is -2.36. The third-order valence-electron chi connectivity index (χ3n) is 1.89. The zero-order valence-electron chi connectivity index (χ0n) is 11.1. The number of aliphatic hydroxyl groups excluding tert-OH is 1. The molecule has 1 rings (SSSR count). The van der Waals surface area contributed by atoms with E-state index in [1.54, 1.807) is 0 Å². The molecule has 0 unspecified atom stereocenters. The number of para-hydroxylation sites is 1. The summed E-state index contributed by atoms with van der Waals surface area (Å²) in [6, 6.07) is 5.54. The molecule has 0 aliphatic heterocycles. The van der Waals surface area contributed by atoms with Gasteiger partial charge < -0.3 is 19.8 Å². The quantitative estimate of drug-likeness (QED) is 0.584. The van der Waals surface area contributed by atoms with E-state index in [4.69, 9.17) is 10.2 Å². The van der Waals surface area contributed by atoms with Gasteiger partial charge in [-0.05, 0) is 6.07 Å². The summed E-state index contributed by atoms with van der Waals surface area (Å²) in [6.45, 7) is 1.11. The predicted octanol–water partition coefficient (Wildman–Crippen LogP) is -0.238. The second kappa shape index (κ2) is 9.15. The number of hydrogen-bond donors (Lipinski definition) is 2. The fraction of sp³-hybridized carbons (Fsp3) is 0.417. The zero-order valence-corrected chi connectivity index (χ0v) is 12.5. The van der Waals surface area contributed by atoms with Gasteiger partial charge in [0.1, 0.15) is 6.54 Å². The van der Waals surface area contributed by atoms with Gasteiger partial charge in [-0.1, -0.05) is 23.9 Å². The molecule has 0 saturated heterocycles. The van der Waals surface area contributed by atoms with Gasteiger partial charge in [-0.2, -0.15) is 0 Å². The van der Waals surface area contributed by atoms with Crippen molar-refractivity contribution >= 4 is 29.0 Å². The van der Waals surface area contributed by atoms with Gasteiger partial charge in [0.15, 0.2) is 0 Å². The molecule has 0 amide bonds. The minimum absolute atomic E-state index is 0. The maximum absolute atomic E-state index is 10.7. The Morgan fingerprint density at radius 1 is 1.28 bits per heavy atom. The SMILES string of the molecule is C[N+](C)(C)CCO.O=C(O)c1ccccc1[O-].[Mg]. The Labute approximate surface area is 123 Å². The molecule has 0 bridgehead atoms. The molecule has 0 aliphatic carbocycles. The fourth-order valence-electron chi connectivity index (χ4n) is 0.943. The minimum Gasteiger partial charge on any atom is -0.872 e. The molecular formula is C12H19MgNO4. The van der Waals surface area contributed by atoms with Crippen molar-refractivity contribution in [3.8, 4) is 5.75 Å². The van der Waals surface area contributed by atoms with Crippen molar-refractivity contribution in [2.45, 2.75) is 0 Å². The number of benzene rings is 1. The number of carboxylic acids is 1. The van der Waals surface area contributed by atoms with Crippen LogP contribution in [-0.2, 0) is 0 Å². The Bertz CT molecular complexity index is 363. The molecule has 5 nitrogen and oxygen atoms in total. The summed E-state index contributed by atoms with van der Waals surface area (Å²) < 4.78 is 0.844. The highest BCUT2D eigenvalue weighted by atomic mass is 24.3. The van der Waals surface area contributed by atoms with E-state index < -0.39 is 11.7 Å². The summed E-state index contributed by atoms with van der Waals surface area (Å²) in [5, 5.41) is 27.4. The minimum atomic E-state index is -1.18. The lowest BCUT2D eigenvalue weighted by molar-refractivity contribution is -0.870. The number of hydrogen-bond acceptors (Lipinski definition) is 3. The molecule has 18 heavy (non-hydrogen) atoms. The van der Waals surface area contributed by atoms with Crippen LogP contribution >= 0.6 is 0 Å². The van der Waals surface area contributed by atoms with Crippen molar-refractivity contribution in [1.29, 1.82) is 0 Å². The highest BCUT2D eigenvalue weighted by Crippen LogP contribution is 2.10. The first-order chi connectivity index (χ1) is 7.78. The van der Waals surface area contributed by atoms with Crippen LogP contribution in [0.25, 0.3) is 0 Å². The standard InChI is InChI=1S/C7H6O3.C5H14NO.Mg/c8-6-4-2-1-3-5(6)7(9)10;1-6(2,3)4-5-7;/h1-4,8H,(H,9,10);7H,4-5H2,1-3H3;/q;+1;/p-1. The van der Waals surface area contributed by atoms with Crippen LogP contribution in [0.4, 0.5) is 0 Å². The molecule has 0 spiro atoms. The van der Waals surface area contributed by atoms with Gasteiger partial charge in [-0.25, -0.2) is 4.79 Å². The Morgan fingerprint density at radius 3 is 2.00 bits per heavy atom. The molecule has 1 aromatic rings. The summed E-state index contributed by atoms with van der Waals surface area (Å²) in [5.41, 5.74) is -0.178. The van der Waals surface area contributed by atoms with E-state index in [-0.39, 0.29) is 35.2 Å². The first-order valence-electron chi connectivity index (χ1n) is 5.18. The van der Waals surface area contributed by atoms with Gasteiger partial charge in [0.2, 0.25) is 0 Å². The Hall–Kier alpha value is -0.824. The number of carboxylic acid groups (broad SMARTS) is 1. The van der Waals surface area contributed by atoms with Crippen molar-refractivity contribution in [3.63, 3.8) is 0 Å². The highest BCUT2D eigenvalue weighted by Gasteiger charge is 2.02. The highest BCUT2D eigenvalue weighted by molar-refractivity contribution is 5.90. The van der Waals surface area contributed by atoms with Crippen molar-refractivity contribution in [2.75, 3.05) is 34.3 Å². The number of carbonyl (C=O) groups is 1. The van der Waals surface area contributed by atoms with E-state index in [0.29, 0.717) is 0 Å². The number of rotatable bonds is 3. The molecule has 0 saturated carbocycles. The molecule has 0 heterocycles. The molecule has 0 fully saturated rings. The van der Waals surface area contributed by atoms with Gasteiger partial charge in [0.05, 0.1) is 33.3 Å². The molecular weight excluding hydrogens is 246 g/mol. The van der Waals surface area contributed by atoms with Gasteiger partial charge in [-0.15, -0.1) is 0 Å². The molecule has 0 aromatic heterocycles. The second-order valence-corrected chi connectivity index (χ2v) is 4.54. The number of aliphatic hydroxyl groups is 1. The van der Waals surface area contributed by atoms with E-state index in [0.717, 1.165) is 11.0 Å². The second-order valence-electron chi connectivity index (χ2n) is 4.54. The molecule has 2 N–H and O–H groups in total. The van der Waals surface area contributed by atoms with Gasteiger partial charge >= 0.3 is 5.97 Å². The smallest absolute Gasteiger partial charge is 0.335 e. The number of aromatic carboxylic acids is 1. The van der Waals surface area contributed by atoms with Crippen LogP contribution in [0.2, 0.25) is 0 Å². The molecule has 0 atom stereocenters. The Balaban J connectivity index is 0. The number of quaternary nitrogens is 1. The summed E-state index contributed by atoms with van der Waals surface area (Å²) in [5.74, 6) is -1.62. The van der Waals surface area contributed by atoms with E-state index in [2.05, 4.69) is 21.1 Å². The van der Waals surface area contributed by atoms with Crippen molar-refractivity contribution in [2.24, 2.45) is 0 Å². The Morgan fingerprint density at radius 2 is 1.78 bits per heavy atom. The van der Waals surface area contributed by atoms with Crippen LogP contribution < -0.4 is 5.11 Å². The molecule has 6 heteroatoms. The van der Waals surface area contributed by atoms with Gasteiger partial charge in [0, 0.05) is 23.1 Å². The van der Waals surface area contributed by atoms with Gasteiger partial charge in [-0.3, -0.25) is 0 Å². The Kier molecular flexibility index (Phi) is 9.92. The summed E-state index contributed by atoms with van der Waals surface area (Å²) in [4.78, 5) is 10.2. The van der Waals surface area contributed by atoms with E-state index >= 15 is 0 Å². The van der Waals surface area contributed by atoms with E-state index in [1.807, 2.05) is 0 Å². The largest absolute Gasteiger partial charge is 0.872 e. The average Bonchev–Trinajstić information content (AvgIpc) is 2.16. The van der Waals surface area contributed by atoms with Crippen LogP contribution in [0, 0.1) is 0 Å². The van der Waals surface area contributed by atoms with E-state index in [1.165, 1.54) is 24.3 Å². The topological polar surface area (TPSA) is 80.6 Å². The van der Waals surface area contributed by atoms with Crippen molar-refractivity contribution < 1.29 is 24.6 Å². The fourth-order valence-corrected chi connectivity index (χ4v) is 0.943. The maximum atomic E-state index is 10.7. The first kappa shape index (κ1) is 19.5. The zero-order chi connectivity index (χ0) is 13.5. The van der Waals surface area contributed by atoms with Crippen LogP contribution in [0.15, 0.2) is 24.3 Å². The predicted molar refractivity (Wildman–Crippen MR) is 68.6 cm³/mol. The molecule has 98 valence electrons. The lowest BCUT2D eigenvalue weighted by atomic mass is 10.2. The average molecular weight is 266 g/mol. The third kappa shape index (κ3) is 9.23. The lowest BCUT2D eigenvalue weighted by Gasteiger charge is -2.21. The van der Waals surface area contributed by atoms with E-state index in [9.17, 15) is 9.90 Å². The first-order valence-corrected chi connectivity index (χ1v) is 5.18. The third-order valence-corrected chi connectivity index (χ3v) is 1.89. The van der Waals surface area contributed by atoms with Crippen molar-refractivity contribution in [1.82, 2.24) is 0 Å². The van der Waals surface area contributed by atoms with Gasteiger partial charge in [0.25, 0.3) is 0 Å². The monoisotopic (exact) mass is 265 g/mol. The van der Waals surface area contributed by atoms with Crippen molar-refractivity contribution in [3.05, 3.63) is 29.8 Å². The van der Waals surface area contributed by atoms with Crippen LogP contribution in [0.3, 0.4) is 0 Å². The van der Waals surface area contributed by atoms with Crippen LogP contribution in [-0.4, -0.2) is 78.0 Å². The normalized spacial score (nSPS) is 9.78. The summed E-state index contributed by atoms with van der Waals surface area (Å²) in [7, 11) is 6.16. The van der Waals surface area contributed by atoms with Crippen LogP contribution in [0.1, 0.15) is 10.4 Å². The molecule has 2 radical (unpaired) electrons. The summed E-state index contributed by atoms with van der Waals surface area (Å²) >= 11 is 0. The summed E-state index contributed by atoms with van der Waals surface area (Å²) in [6.07, 6.45) is 0. The molecule has 1 aromatic carbocycles. The number of likely N-dealkylation sites (N-methyl/N-ethyl adjacent to an activating group) is 1.